The predicted octanol–water partition coefficient (Wildman–Crippen LogP) is 2.75. The lowest BCUT2D eigenvalue weighted by atomic mass is 10.1. The van der Waals surface area contributed by atoms with E-state index in [4.69, 9.17) is 5.11 Å². The molecule has 4 heteroatoms. The number of hydrogen-bond donors (Lipinski definition) is 1. The minimum atomic E-state index is -0.259. The van der Waals surface area contributed by atoms with Gasteiger partial charge in [0.1, 0.15) is 10.8 Å². The maximum atomic E-state index is 13.1. The average Bonchev–Trinajstić information content (AvgIpc) is 2.64. The van der Waals surface area contributed by atoms with E-state index in [2.05, 4.69) is 4.98 Å². The van der Waals surface area contributed by atoms with E-state index in [0.717, 1.165) is 21.0 Å². The molecule has 1 heterocycles. The van der Waals surface area contributed by atoms with Crippen LogP contribution in [-0.4, -0.2) is 10.1 Å². The Morgan fingerprint density at radius 1 is 1.40 bits per heavy atom. The van der Waals surface area contributed by atoms with Crippen molar-refractivity contribution in [1.29, 1.82) is 0 Å². The summed E-state index contributed by atoms with van der Waals surface area (Å²) in [4.78, 5) is 4.92. The Hall–Kier alpha value is -1.26. The molecule has 0 atom stereocenters. The van der Waals surface area contributed by atoms with Gasteiger partial charge < -0.3 is 5.11 Å². The van der Waals surface area contributed by atoms with Crippen LogP contribution in [0.4, 0.5) is 4.39 Å². The van der Waals surface area contributed by atoms with Gasteiger partial charge in [-0.05, 0) is 30.7 Å². The number of hydrogen-bond acceptors (Lipinski definition) is 3. The zero-order valence-corrected chi connectivity index (χ0v) is 9.01. The molecule has 0 saturated carbocycles. The molecular formula is C11H10FNOS. The highest BCUT2D eigenvalue weighted by Gasteiger charge is 2.06. The van der Waals surface area contributed by atoms with Crippen LogP contribution in [0, 0.1) is 12.7 Å². The lowest BCUT2D eigenvalue weighted by Crippen LogP contribution is -1.81. The molecule has 0 bridgehead atoms. The summed E-state index contributed by atoms with van der Waals surface area (Å²) < 4.78 is 13.1. The number of halogens is 1. The fourth-order valence-corrected chi connectivity index (χ4v) is 2.13. The van der Waals surface area contributed by atoms with E-state index in [1.807, 2.05) is 13.0 Å². The van der Waals surface area contributed by atoms with Gasteiger partial charge in [0.05, 0.1) is 11.5 Å². The fraction of sp³-hybridized carbons (Fsp3) is 0.182. The number of aromatic nitrogens is 1. The Labute approximate surface area is 91.0 Å². The summed E-state index contributed by atoms with van der Waals surface area (Å²) in [6.45, 7) is 1.82. The standard InChI is InChI=1S/C11H10FNOS/c1-7-2-8(4-9(12)3-7)11-13-5-10(6-14)15-11/h2-5,14H,6H2,1H3. The number of nitrogens with zero attached hydrogens (tertiary/aromatic N) is 1. The highest BCUT2D eigenvalue weighted by atomic mass is 32.1. The van der Waals surface area contributed by atoms with E-state index < -0.39 is 0 Å². The van der Waals surface area contributed by atoms with Crippen LogP contribution in [-0.2, 0) is 6.61 Å². The molecule has 0 radical (unpaired) electrons. The van der Waals surface area contributed by atoms with E-state index in [-0.39, 0.29) is 12.4 Å². The van der Waals surface area contributed by atoms with E-state index in [9.17, 15) is 4.39 Å². The second kappa shape index (κ2) is 4.08. The van der Waals surface area contributed by atoms with Gasteiger partial charge in [0, 0.05) is 11.8 Å². The van der Waals surface area contributed by atoms with Gasteiger partial charge in [-0.3, -0.25) is 0 Å². The van der Waals surface area contributed by atoms with Crippen molar-refractivity contribution >= 4 is 11.3 Å². The first-order chi connectivity index (χ1) is 7.19. The number of aliphatic hydroxyl groups is 1. The summed E-state index contributed by atoms with van der Waals surface area (Å²) in [7, 11) is 0. The first-order valence-corrected chi connectivity index (χ1v) is 5.34. The minimum Gasteiger partial charge on any atom is -0.391 e. The van der Waals surface area contributed by atoms with Crippen LogP contribution in [0.2, 0.25) is 0 Å². The Morgan fingerprint density at radius 3 is 2.80 bits per heavy atom. The van der Waals surface area contributed by atoms with Gasteiger partial charge >= 0.3 is 0 Å². The van der Waals surface area contributed by atoms with E-state index in [1.54, 1.807) is 6.20 Å². The first kappa shape index (κ1) is 10.3. The summed E-state index contributed by atoms with van der Waals surface area (Å²) >= 11 is 1.38. The van der Waals surface area contributed by atoms with Crippen molar-refractivity contribution in [2.45, 2.75) is 13.5 Å². The molecule has 0 amide bonds. The summed E-state index contributed by atoms with van der Waals surface area (Å²) in [5, 5.41) is 9.64. The second-order valence-corrected chi connectivity index (χ2v) is 4.42. The van der Waals surface area contributed by atoms with Crippen LogP contribution in [0.15, 0.2) is 24.4 Å². The molecule has 0 aliphatic heterocycles. The molecule has 0 spiro atoms. The summed E-state index contributed by atoms with van der Waals surface area (Å²) in [6, 6.07) is 4.81. The van der Waals surface area contributed by atoms with Crippen LogP contribution in [0.3, 0.4) is 0 Å². The number of benzene rings is 1. The highest BCUT2D eigenvalue weighted by molar-refractivity contribution is 7.15. The third-order valence-electron chi connectivity index (χ3n) is 2.00. The van der Waals surface area contributed by atoms with Crippen LogP contribution in [0.25, 0.3) is 10.6 Å². The van der Waals surface area contributed by atoms with Crippen molar-refractivity contribution in [3.63, 3.8) is 0 Å². The smallest absolute Gasteiger partial charge is 0.124 e. The molecule has 0 saturated heterocycles. The lowest BCUT2D eigenvalue weighted by Gasteiger charge is -1.98. The third-order valence-corrected chi connectivity index (χ3v) is 3.03. The Bertz CT molecular complexity index is 461. The highest BCUT2D eigenvalue weighted by Crippen LogP contribution is 2.26. The third kappa shape index (κ3) is 2.22. The van der Waals surface area contributed by atoms with Gasteiger partial charge in [-0.25, -0.2) is 9.37 Å². The Balaban J connectivity index is 2.44. The number of aliphatic hydroxyl groups excluding tert-OH is 1. The van der Waals surface area contributed by atoms with Crippen molar-refractivity contribution in [1.82, 2.24) is 4.98 Å². The molecule has 2 rings (SSSR count). The van der Waals surface area contributed by atoms with Gasteiger partial charge in [-0.1, -0.05) is 0 Å². The Morgan fingerprint density at radius 2 is 2.20 bits per heavy atom. The van der Waals surface area contributed by atoms with Crippen molar-refractivity contribution in [3.8, 4) is 10.6 Å². The van der Waals surface area contributed by atoms with Crippen LogP contribution in [0.5, 0.6) is 0 Å². The molecule has 1 aromatic heterocycles. The second-order valence-electron chi connectivity index (χ2n) is 3.31. The molecule has 2 aromatic rings. The molecule has 0 aliphatic rings. The molecule has 15 heavy (non-hydrogen) atoms. The maximum absolute atomic E-state index is 13.1. The summed E-state index contributed by atoms with van der Waals surface area (Å²) in [6.07, 6.45) is 1.61. The monoisotopic (exact) mass is 223 g/mol. The van der Waals surface area contributed by atoms with Gasteiger partial charge in [-0.15, -0.1) is 11.3 Å². The predicted molar refractivity (Wildman–Crippen MR) is 58.2 cm³/mol. The van der Waals surface area contributed by atoms with E-state index in [0.29, 0.717) is 0 Å². The molecule has 1 N–H and O–H groups in total. The minimum absolute atomic E-state index is 0.0219. The quantitative estimate of drug-likeness (QED) is 0.849. The van der Waals surface area contributed by atoms with Crippen LogP contribution < -0.4 is 0 Å². The molecule has 2 nitrogen and oxygen atoms in total. The molecular weight excluding hydrogens is 213 g/mol. The van der Waals surface area contributed by atoms with Gasteiger partial charge in [0.15, 0.2) is 0 Å². The summed E-state index contributed by atoms with van der Waals surface area (Å²) in [5.41, 5.74) is 1.63. The first-order valence-electron chi connectivity index (χ1n) is 4.52. The molecule has 0 fully saturated rings. The van der Waals surface area contributed by atoms with Crippen molar-refractivity contribution in [2.75, 3.05) is 0 Å². The fourth-order valence-electron chi connectivity index (χ4n) is 1.37. The van der Waals surface area contributed by atoms with Gasteiger partial charge in [0.2, 0.25) is 0 Å². The normalized spacial score (nSPS) is 10.6. The lowest BCUT2D eigenvalue weighted by molar-refractivity contribution is 0.285. The van der Waals surface area contributed by atoms with Gasteiger partial charge in [0.25, 0.3) is 0 Å². The largest absolute Gasteiger partial charge is 0.391 e. The summed E-state index contributed by atoms with van der Waals surface area (Å²) in [5.74, 6) is -0.259. The number of aryl methyl sites for hydroxylation is 1. The zero-order valence-electron chi connectivity index (χ0n) is 8.20. The molecule has 78 valence electrons. The maximum Gasteiger partial charge on any atom is 0.124 e. The van der Waals surface area contributed by atoms with E-state index >= 15 is 0 Å². The van der Waals surface area contributed by atoms with Gasteiger partial charge in [-0.2, -0.15) is 0 Å². The Kier molecular flexibility index (Phi) is 2.79. The van der Waals surface area contributed by atoms with Crippen molar-refractivity contribution < 1.29 is 9.50 Å². The number of thiazole rings is 1. The van der Waals surface area contributed by atoms with E-state index in [1.165, 1.54) is 23.5 Å². The number of rotatable bonds is 2. The SMILES string of the molecule is Cc1cc(F)cc(-c2ncc(CO)s2)c1. The van der Waals surface area contributed by atoms with Crippen LogP contribution >= 0.6 is 11.3 Å². The van der Waals surface area contributed by atoms with Crippen molar-refractivity contribution in [3.05, 3.63) is 40.7 Å². The molecule has 1 aromatic carbocycles. The zero-order chi connectivity index (χ0) is 10.8. The average molecular weight is 223 g/mol. The molecule has 0 aliphatic carbocycles. The van der Waals surface area contributed by atoms with Crippen molar-refractivity contribution in [2.24, 2.45) is 0 Å². The topological polar surface area (TPSA) is 33.1 Å². The molecule has 0 unspecified atom stereocenters. The van der Waals surface area contributed by atoms with Crippen LogP contribution in [0.1, 0.15) is 10.4 Å².